The second-order valence-electron chi connectivity index (χ2n) is 8.94. The molecule has 0 spiro atoms. The molecule has 0 aromatic heterocycles. The first-order valence-corrected chi connectivity index (χ1v) is 11.0. The highest BCUT2D eigenvalue weighted by Crippen LogP contribution is 2.44. The molecule has 2 aliphatic rings. The van der Waals surface area contributed by atoms with Gasteiger partial charge in [0.05, 0.1) is 20.1 Å². The van der Waals surface area contributed by atoms with E-state index in [-0.39, 0.29) is 29.1 Å². The minimum atomic E-state index is -0.440. The predicted octanol–water partition coefficient (Wildman–Crippen LogP) is 1.93. The summed E-state index contributed by atoms with van der Waals surface area (Å²) in [4.78, 5) is 13.4. The van der Waals surface area contributed by atoms with E-state index in [9.17, 15) is 4.79 Å². The molecule has 0 amide bonds. The number of carbonyl (C=O) groups excluding carboxylic acids is 1. The Bertz CT molecular complexity index is 1040. The molecule has 0 N–H and O–H groups in total. The lowest BCUT2D eigenvalue weighted by Crippen LogP contribution is -3.00. The summed E-state index contributed by atoms with van der Waals surface area (Å²) in [6.45, 7) is 2.96. The molecule has 5 rings (SSSR count). The molecule has 32 heavy (non-hydrogen) atoms. The van der Waals surface area contributed by atoms with Crippen molar-refractivity contribution < 1.29 is 35.7 Å². The molecule has 1 fully saturated rings. The van der Waals surface area contributed by atoms with Crippen LogP contribution in [0.3, 0.4) is 0 Å². The number of fused-ring (bicyclic) bond motifs is 2. The molecule has 0 bridgehead atoms. The third-order valence-corrected chi connectivity index (χ3v) is 6.62. The van der Waals surface area contributed by atoms with Crippen LogP contribution in [0.1, 0.15) is 29.0 Å². The Hall–Kier alpha value is -2.63. The summed E-state index contributed by atoms with van der Waals surface area (Å²) in [5.74, 6) is 0.852. The summed E-state index contributed by atoms with van der Waals surface area (Å²) in [7, 11) is 2.27. The van der Waals surface area contributed by atoms with Crippen LogP contribution in [-0.4, -0.2) is 43.2 Å². The van der Waals surface area contributed by atoms with Crippen molar-refractivity contribution in [3.05, 3.63) is 95.6 Å². The average Bonchev–Trinajstić information content (AvgIpc) is 3.17. The van der Waals surface area contributed by atoms with Crippen LogP contribution in [0.5, 0.6) is 11.5 Å². The monoisotopic (exact) mass is 493 g/mol. The quantitative estimate of drug-likeness (QED) is 0.402. The van der Waals surface area contributed by atoms with Crippen LogP contribution in [-0.2, 0) is 16.0 Å². The van der Waals surface area contributed by atoms with E-state index in [4.69, 9.17) is 9.47 Å². The first-order valence-electron chi connectivity index (χ1n) is 11.0. The van der Waals surface area contributed by atoms with Crippen molar-refractivity contribution in [3.63, 3.8) is 0 Å². The van der Waals surface area contributed by atoms with E-state index in [1.807, 2.05) is 48.5 Å². The van der Waals surface area contributed by atoms with Gasteiger partial charge in [-0.3, -0.25) is 4.79 Å². The van der Waals surface area contributed by atoms with E-state index >= 15 is 0 Å². The fraction of sp³-hybridized carbons (Fsp3) is 0.296. The number of para-hydroxylation sites is 2. The molecule has 4 nitrogen and oxygen atoms in total. The Labute approximate surface area is 200 Å². The van der Waals surface area contributed by atoms with Crippen LogP contribution in [0.4, 0.5) is 0 Å². The van der Waals surface area contributed by atoms with Crippen LogP contribution in [0, 0.1) is 0 Å². The lowest BCUT2D eigenvalue weighted by Gasteiger charge is -2.30. The number of halogens is 1. The van der Waals surface area contributed by atoms with Gasteiger partial charge in [0.25, 0.3) is 0 Å². The third kappa shape index (κ3) is 4.59. The number of rotatable bonds is 5. The maximum absolute atomic E-state index is 13.4. The minimum Gasteiger partial charge on any atom is -1.00 e. The molecule has 2 atom stereocenters. The number of likely N-dealkylation sites (N-methyl/N-ethyl adjacent to an activating group) is 1. The Balaban J connectivity index is 0.00000245. The van der Waals surface area contributed by atoms with Crippen molar-refractivity contribution in [2.24, 2.45) is 0 Å². The summed E-state index contributed by atoms with van der Waals surface area (Å²) in [5, 5.41) is 0. The van der Waals surface area contributed by atoms with Crippen LogP contribution in [0.2, 0.25) is 0 Å². The van der Waals surface area contributed by atoms with Gasteiger partial charge in [-0.25, -0.2) is 0 Å². The van der Waals surface area contributed by atoms with Crippen molar-refractivity contribution in [2.45, 2.75) is 24.9 Å². The molecule has 166 valence electrons. The molecule has 0 aliphatic carbocycles. The summed E-state index contributed by atoms with van der Waals surface area (Å²) >= 11 is 0. The highest BCUT2D eigenvalue weighted by molar-refractivity contribution is 5.85. The van der Waals surface area contributed by atoms with Crippen molar-refractivity contribution in [1.29, 1.82) is 0 Å². The number of hydrogen-bond donors (Lipinski definition) is 0. The van der Waals surface area contributed by atoms with Gasteiger partial charge in [0.2, 0.25) is 0 Å². The molecular weight excluding hydrogens is 466 g/mol. The van der Waals surface area contributed by atoms with E-state index < -0.39 is 5.92 Å². The fourth-order valence-electron chi connectivity index (χ4n) is 4.87. The molecule has 1 unspecified atom stereocenters. The number of esters is 1. The average molecular weight is 494 g/mol. The number of carbonyl (C=O) groups is 1. The van der Waals surface area contributed by atoms with Gasteiger partial charge in [-0.05, 0) is 17.7 Å². The second-order valence-corrected chi connectivity index (χ2v) is 8.94. The molecule has 3 aromatic carbocycles. The minimum absolute atomic E-state index is 0. The third-order valence-electron chi connectivity index (χ3n) is 6.62. The zero-order chi connectivity index (χ0) is 21.3. The number of nitrogens with zero attached hydrogens (tertiary/aromatic N) is 1. The van der Waals surface area contributed by atoms with E-state index in [0.29, 0.717) is 0 Å². The van der Waals surface area contributed by atoms with Crippen LogP contribution < -0.4 is 21.7 Å². The van der Waals surface area contributed by atoms with Gasteiger partial charge in [0.1, 0.15) is 24.0 Å². The number of ether oxygens (including phenoxy) is 2. The topological polar surface area (TPSA) is 35.5 Å². The van der Waals surface area contributed by atoms with Gasteiger partial charge < -0.3 is 30.9 Å². The molecule has 2 heterocycles. The summed E-state index contributed by atoms with van der Waals surface area (Å²) < 4.78 is 13.1. The predicted molar refractivity (Wildman–Crippen MR) is 120 cm³/mol. The lowest BCUT2D eigenvalue weighted by atomic mass is 9.88. The zero-order valence-electron chi connectivity index (χ0n) is 18.2. The molecule has 2 aliphatic heterocycles. The molecule has 5 heteroatoms. The summed E-state index contributed by atoms with van der Waals surface area (Å²) in [6, 6.07) is 26.1. The van der Waals surface area contributed by atoms with Crippen molar-refractivity contribution >= 4 is 5.97 Å². The van der Waals surface area contributed by atoms with Crippen molar-refractivity contribution in [2.75, 3.05) is 26.7 Å². The zero-order valence-corrected chi connectivity index (χ0v) is 19.8. The van der Waals surface area contributed by atoms with Gasteiger partial charge >= 0.3 is 5.97 Å². The number of hydrogen-bond acceptors (Lipinski definition) is 3. The molecular formula is C27H28BrNO3. The van der Waals surface area contributed by atoms with Gasteiger partial charge in [-0.2, -0.15) is 0 Å². The highest BCUT2D eigenvalue weighted by Gasteiger charge is 2.40. The van der Waals surface area contributed by atoms with Gasteiger partial charge in [-0.1, -0.05) is 66.7 Å². The summed E-state index contributed by atoms with van der Waals surface area (Å²) in [5.41, 5.74) is 3.12. The Morgan fingerprint density at radius 2 is 1.53 bits per heavy atom. The second kappa shape index (κ2) is 9.47. The van der Waals surface area contributed by atoms with E-state index in [2.05, 4.69) is 37.4 Å². The number of quaternary nitrogens is 1. The van der Waals surface area contributed by atoms with Crippen molar-refractivity contribution in [3.8, 4) is 11.5 Å². The molecule has 0 saturated carbocycles. The van der Waals surface area contributed by atoms with Gasteiger partial charge in [0, 0.05) is 24.0 Å². The van der Waals surface area contributed by atoms with Crippen LogP contribution in [0.25, 0.3) is 0 Å². The highest BCUT2D eigenvalue weighted by atomic mass is 79.9. The molecule has 0 radical (unpaired) electrons. The normalized spacial score (nSPS) is 21.6. The smallest absolute Gasteiger partial charge is 0.318 e. The van der Waals surface area contributed by atoms with E-state index in [0.717, 1.165) is 59.6 Å². The fourth-order valence-corrected chi connectivity index (χ4v) is 4.87. The lowest BCUT2D eigenvalue weighted by molar-refractivity contribution is -0.898. The van der Waals surface area contributed by atoms with Gasteiger partial charge in [-0.15, -0.1) is 0 Å². The van der Waals surface area contributed by atoms with E-state index in [1.165, 1.54) is 5.56 Å². The maximum Gasteiger partial charge on any atom is 0.318 e. The largest absolute Gasteiger partial charge is 1.00 e. The van der Waals surface area contributed by atoms with Crippen LogP contribution in [0.15, 0.2) is 78.9 Å². The summed E-state index contributed by atoms with van der Waals surface area (Å²) in [6.07, 6.45) is 1.90. The number of benzene rings is 3. The molecule has 3 aromatic rings. The SMILES string of the molecule is C[N+]1(CCc2ccccc2)CC[C@@H](OC(=O)C2c3ccccc3Oc3ccccc32)C1.[Br-]. The Morgan fingerprint density at radius 1 is 0.938 bits per heavy atom. The maximum atomic E-state index is 13.4. The standard InChI is InChI=1S/C27H28NO3.BrH/c1-28(17-15-20-9-3-2-4-10-20)18-16-21(19-28)30-27(29)26-22-11-5-7-13-24(22)31-25-14-8-6-12-23(25)26;/h2-14,21,26H,15-19H2,1H3;1H/q+1;/p-1/t21-,28?;/m1./s1. The Morgan fingerprint density at radius 3 is 2.19 bits per heavy atom. The van der Waals surface area contributed by atoms with Gasteiger partial charge in [0.15, 0.2) is 6.10 Å². The molecule has 1 saturated heterocycles. The first-order chi connectivity index (χ1) is 15.1. The van der Waals surface area contributed by atoms with E-state index in [1.54, 1.807) is 0 Å². The van der Waals surface area contributed by atoms with Crippen molar-refractivity contribution in [1.82, 2.24) is 0 Å². The Kier molecular flexibility index (Phi) is 6.68. The van der Waals surface area contributed by atoms with Crippen LogP contribution >= 0.6 is 0 Å². The first kappa shape index (κ1) is 22.6. The number of likely N-dealkylation sites (tertiary alicyclic amines) is 1.